The first-order chi connectivity index (χ1) is 8.22. The molecule has 0 amide bonds. The average molecular weight is 362 g/mol. The molecule has 0 aliphatic rings. The summed E-state index contributed by atoms with van der Waals surface area (Å²) in [7, 11) is 0. The molecule has 0 bridgehead atoms. The van der Waals surface area contributed by atoms with Gasteiger partial charge in [-0.1, -0.05) is 18.2 Å². The van der Waals surface area contributed by atoms with E-state index in [1.807, 2.05) is 6.07 Å². The smallest absolute Gasteiger partial charge is 0.194 e. The summed E-state index contributed by atoms with van der Waals surface area (Å²) >= 11 is 7.99. The van der Waals surface area contributed by atoms with Crippen LogP contribution in [0.1, 0.15) is 17.9 Å². The van der Waals surface area contributed by atoms with Gasteiger partial charge >= 0.3 is 0 Å². The third-order valence-electron chi connectivity index (χ3n) is 2.54. The molecule has 1 aromatic carbocycles. The second-order valence-corrected chi connectivity index (χ2v) is 5.30. The first-order valence-corrected chi connectivity index (χ1v) is 7.10. The van der Waals surface area contributed by atoms with Crippen molar-refractivity contribution in [3.63, 3.8) is 0 Å². The van der Waals surface area contributed by atoms with Crippen LogP contribution >= 0.6 is 34.2 Å². The van der Waals surface area contributed by atoms with Crippen LogP contribution in [0.15, 0.2) is 28.8 Å². The zero-order chi connectivity index (χ0) is 12.3. The fourth-order valence-electron chi connectivity index (χ4n) is 1.61. The van der Waals surface area contributed by atoms with Gasteiger partial charge in [0.1, 0.15) is 0 Å². The minimum absolute atomic E-state index is 0.639. The molecule has 0 fully saturated rings. The number of oxazole rings is 1. The highest BCUT2D eigenvalue weighted by molar-refractivity contribution is 14.1. The second kappa shape index (κ2) is 5.87. The van der Waals surface area contributed by atoms with Crippen LogP contribution < -0.4 is 0 Å². The molecule has 1 heterocycles. The molecule has 2 nitrogen and oxygen atoms in total. The summed E-state index contributed by atoms with van der Waals surface area (Å²) in [6.07, 6.45) is 3.48. The molecule has 0 N–H and O–H groups in total. The highest BCUT2D eigenvalue weighted by Gasteiger charge is 2.10. The minimum Gasteiger partial charge on any atom is -0.441 e. The second-order valence-electron chi connectivity index (χ2n) is 3.85. The van der Waals surface area contributed by atoms with Crippen molar-refractivity contribution in [1.29, 1.82) is 0 Å². The predicted molar refractivity (Wildman–Crippen MR) is 78.4 cm³/mol. The number of benzene rings is 1. The Hall–Kier alpha value is -0.550. The van der Waals surface area contributed by atoms with E-state index in [4.69, 9.17) is 16.0 Å². The molecular formula is C13H13ClINO. The summed E-state index contributed by atoms with van der Waals surface area (Å²) < 4.78 is 6.95. The summed E-state index contributed by atoms with van der Waals surface area (Å²) in [5, 5.41) is 0. The number of aryl methyl sites for hydroxylation is 2. The van der Waals surface area contributed by atoms with E-state index in [2.05, 4.69) is 46.6 Å². The maximum absolute atomic E-state index is 5.73. The number of aromatic nitrogens is 1. The van der Waals surface area contributed by atoms with Crippen molar-refractivity contribution >= 4 is 34.2 Å². The zero-order valence-corrected chi connectivity index (χ0v) is 12.5. The fourth-order valence-corrected chi connectivity index (χ4v) is 2.37. The summed E-state index contributed by atoms with van der Waals surface area (Å²) in [4.78, 5) is 4.27. The van der Waals surface area contributed by atoms with Crippen molar-refractivity contribution in [3.8, 4) is 11.3 Å². The van der Waals surface area contributed by atoms with Gasteiger partial charge in [-0.05, 0) is 41.5 Å². The zero-order valence-electron chi connectivity index (χ0n) is 9.54. The largest absolute Gasteiger partial charge is 0.441 e. The lowest BCUT2D eigenvalue weighted by Gasteiger charge is -2.03. The van der Waals surface area contributed by atoms with Gasteiger partial charge in [-0.3, -0.25) is 0 Å². The fraction of sp³-hybridized carbons (Fsp3) is 0.308. The molecule has 90 valence electrons. The monoisotopic (exact) mass is 361 g/mol. The van der Waals surface area contributed by atoms with Crippen LogP contribution in [0.4, 0.5) is 0 Å². The molecule has 4 heteroatoms. The topological polar surface area (TPSA) is 26.0 Å². The van der Waals surface area contributed by atoms with Crippen LogP contribution in [0, 0.1) is 10.5 Å². The van der Waals surface area contributed by atoms with E-state index in [0.29, 0.717) is 5.88 Å². The van der Waals surface area contributed by atoms with Crippen molar-refractivity contribution < 1.29 is 4.42 Å². The van der Waals surface area contributed by atoms with Gasteiger partial charge in [0, 0.05) is 21.4 Å². The highest BCUT2D eigenvalue weighted by atomic mass is 127. The maximum atomic E-state index is 5.73. The molecule has 0 saturated heterocycles. The Kier molecular flexibility index (Phi) is 4.45. The standard InChI is InChI=1S/C13H13ClINO/c1-9-4-2-5-10(13(9)15)11-8-16-12(17-11)6-3-7-14/h2,4-5,8H,3,6-7H2,1H3. The van der Waals surface area contributed by atoms with Crippen molar-refractivity contribution in [3.05, 3.63) is 39.4 Å². The quantitative estimate of drug-likeness (QED) is 0.595. The Labute approximate surface area is 120 Å². The molecular weight excluding hydrogens is 349 g/mol. The number of alkyl halides is 1. The van der Waals surface area contributed by atoms with E-state index < -0.39 is 0 Å². The van der Waals surface area contributed by atoms with E-state index in [1.165, 1.54) is 9.13 Å². The van der Waals surface area contributed by atoms with Crippen LogP contribution in [0.5, 0.6) is 0 Å². The van der Waals surface area contributed by atoms with Crippen LogP contribution in [0.3, 0.4) is 0 Å². The van der Waals surface area contributed by atoms with Crippen molar-refractivity contribution in [1.82, 2.24) is 4.98 Å². The van der Waals surface area contributed by atoms with Crippen LogP contribution in [0.2, 0.25) is 0 Å². The molecule has 0 unspecified atom stereocenters. The third-order valence-corrected chi connectivity index (χ3v) is 4.23. The lowest BCUT2D eigenvalue weighted by Crippen LogP contribution is -1.85. The average Bonchev–Trinajstić information content (AvgIpc) is 2.78. The Balaban J connectivity index is 2.27. The van der Waals surface area contributed by atoms with Gasteiger partial charge in [0.05, 0.1) is 6.20 Å². The summed E-state index contributed by atoms with van der Waals surface area (Å²) in [5.74, 6) is 2.24. The Morgan fingerprint density at radius 2 is 2.24 bits per heavy atom. The van der Waals surface area contributed by atoms with Gasteiger partial charge in [0.2, 0.25) is 0 Å². The third kappa shape index (κ3) is 3.01. The number of hydrogen-bond acceptors (Lipinski definition) is 2. The SMILES string of the molecule is Cc1cccc(-c2cnc(CCCCl)o2)c1I. The van der Waals surface area contributed by atoms with Crippen molar-refractivity contribution in [2.75, 3.05) is 5.88 Å². The summed E-state index contributed by atoms with van der Waals surface area (Å²) in [6, 6.07) is 6.18. The molecule has 0 spiro atoms. The molecule has 0 aliphatic carbocycles. The van der Waals surface area contributed by atoms with Crippen LogP contribution in [0.25, 0.3) is 11.3 Å². The van der Waals surface area contributed by atoms with E-state index in [0.717, 1.165) is 30.1 Å². The Morgan fingerprint density at radius 3 is 3.00 bits per heavy atom. The number of hydrogen-bond donors (Lipinski definition) is 0. The number of nitrogens with zero attached hydrogens (tertiary/aromatic N) is 1. The van der Waals surface area contributed by atoms with Gasteiger partial charge in [0.15, 0.2) is 11.7 Å². The van der Waals surface area contributed by atoms with Gasteiger partial charge < -0.3 is 4.42 Å². The normalized spacial score (nSPS) is 10.8. The molecule has 0 atom stereocenters. The molecule has 2 aromatic rings. The van der Waals surface area contributed by atoms with Crippen molar-refractivity contribution in [2.24, 2.45) is 0 Å². The number of rotatable bonds is 4. The van der Waals surface area contributed by atoms with Gasteiger partial charge in [-0.15, -0.1) is 11.6 Å². The summed E-state index contributed by atoms with van der Waals surface area (Å²) in [5.41, 5.74) is 2.36. The van der Waals surface area contributed by atoms with E-state index in [1.54, 1.807) is 6.20 Å². The number of halogens is 2. The molecule has 0 radical (unpaired) electrons. The minimum atomic E-state index is 0.639. The lowest BCUT2D eigenvalue weighted by atomic mass is 10.1. The molecule has 17 heavy (non-hydrogen) atoms. The maximum Gasteiger partial charge on any atom is 0.194 e. The van der Waals surface area contributed by atoms with Gasteiger partial charge in [-0.25, -0.2) is 4.98 Å². The lowest BCUT2D eigenvalue weighted by molar-refractivity contribution is 0.503. The first-order valence-electron chi connectivity index (χ1n) is 5.48. The highest BCUT2D eigenvalue weighted by Crippen LogP contribution is 2.28. The van der Waals surface area contributed by atoms with E-state index in [9.17, 15) is 0 Å². The van der Waals surface area contributed by atoms with Gasteiger partial charge in [0.25, 0.3) is 0 Å². The summed E-state index contributed by atoms with van der Waals surface area (Å²) in [6.45, 7) is 2.09. The van der Waals surface area contributed by atoms with E-state index in [-0.39, 0.29) is 0 Å². The van der Waals surface area contributed by atoms with E-state index >= 15 is 0 Å². The van der Waals surface area contributed by atoms with Crippen LogP contribution in [-0.4, -0.2) is 10.9 Å². The molecule has 2 rings (SSSR count). The Morgan fingerprint density at radius 1 is 1.41 bits per heavy atom. The first kappa shape index (κ1) is 12.9. The molecule has 0 aliphatic heterocycles. The van der Waals surface area contributed by atoms with Gasteiger partial charge in [-0.2, -0.15) is 0 Å². The predicted octanol–water partition coefficient (Wildman–Crippen LogP) is 4.43. The molecule has 0 saturated carbocycles. The Bertz CT molecular complexity index is 510. The molecule has 1 aromatic heterocycles. The van der Waals surface area contributed by atoms with Crippen molar-refractivity contribution in [2.45, 2.75) is 19.8 Å². The van der Waals surface area contributed by atoms with Crippen LogP contribution in [-0.2, 0) is 6.42 Å².